The number of hydrogen-bond acceptors (Lipinski definition) is 5. The zero-order valence-corrected chi connectivity index (χ0v) is 18.4. The highest BCUT2D eigenvalue weighted by molar-refractivity contribution is 7.99. The summed E-state index contributed by atoms with van der Waals surface area (Å²) < 4.78 is 23.4. The van der Waals surface area contributed by atoms with Gasteiger partial charge < -0.3 is 18.9 Å². The van der Waals surface area contributed by atoms with Crippen molar-refractivity contribution in [2.24, 2.45) is 0 Å². The second kappa shape index (κ2) is 9.77. The van der Waals surface area contributed by atoms with Crippen molar-refractivity contribution in [3.8, 4) is 17.2 Å². The summed E-state index contributed by atoms with van der Waals surface area (Å²) in [5, 5.41) is 0.609. The molecule has 28 heavy (non-hydrogen) atoms. The standard InChI is InChI=1S/C22H27ClO4S/c1-5-24-18-8-6-16(7-9-18)12-17-13-19(14(2)27-15(3)28-4)21-22(20(17)23)26-11-10-25-21/h6-9,13-15H,5,10-12H2,1-4H3. The molecule has 0 amide bonds. The lowest BCUT2D eigenvalue weighted by Gasteiger charge is -2.27. The average molecular weight is 423 g/mol. The Morgan fingerprint density at radius 1 is 1.11 bits per heavy atom. The fraction of sp³-hybridized carbons (Fsp3) is 0.455. The predicted molar refractivity (Wildman–Crippen MR) is 115 cm³/mol. The van der Waals surface area contributed by atoms with Crippen molar-refractivity contribution in [2.45, 2.75) is 38.7 Å². The van der Waals surface area contributed by atoms with Gasteiger partial charge in [0.05, 0.1) is 17.7 Å². The van der Waals surface area contributed by atoms with Crippen molar-refractivity contribution in [2.75, 3.05) is 26.1 Å². The Hall–Kier alpha value is -1.56. The van der Waals surface area contributed by atoms with Gasteiger partial charge in [-0.2, -0.15) is 0 Å². The van der Waals surface area contributed by atoms with Crippen molar-refractivity contribution < 1.29 is 18.9 Å². The highest BCUT2D eigenvalue weighted by Gasteiger charge is 2.26. The summed E-state index contributed by atoms with van der Waals surface area (Å²) >= 11 is 8.36. The van der Waals surface area contributed by atoms with E-state index in [1.165, 1.54) is 0 Å². The number of fused-ring (bicyclic) bond motifs is 1. The molecule has 2 atom stereocenters. The predicted octanol–water partition coefficient (Wildman–Crippen LogP) is 5.89. The molecule has 6 heteroatoms. The summed E-state index contributed by atoms with van der Waals surface area (Å²) in [4.78, 5) is 0. The van der Waals surface area contributed by atoms with E-state index in [0.29, 0.717) is 42.8 Å². The van der Waals surface area contributed by atoms with Gasteiger partial charge in [-0.15, -0.1) is 11.8 Å². The normalized spacial score (nSPS) is 15.2. The third-order valence-electron chi connectivity index (χ3n) is 4.65. The van der Waals surface area contributed by atoms with Gasteiger partial charge >= 0.3 is 0 Å². The molecule has 2 aromatic carbocycles. The van der Waals surface area contributed by atoms with Crippen LogP contribution in [0.5, 0.6) is 17.2 Å². The van der Waals surface area contributed by atoms with Crippen molar-refractivity contribution in [1.82, 2.24) is 0 Å². The molecule has 3 rings (SSSR count). The molecule has 0 spiro atoms. The minimum atomic E-state index is -0.130. The molecule has 2 unspecified atom stereocenters. The van der Waals surface area contributed by atoms with E-state index in [4.69, 9.17) is 30.5 Å². The van der Waals surface area contributed by atoms with Gasteiger partial charge in [0.15, 0.2) is 11.5 Å². The smallest absolute Gasteiger partial charge is 0.180 e. The van der Waals surface area contributed by atoms with Crippen LogP contribution in [0.4, 0.5) is 0 Å². The van der Waals surface area contributed by atoms with E-state index in [-0.39, 0.29) is 11.5 Å². The van der Waals surface area contributed by atoms with E-state index in [2.05, 4.69) is 18.2 Å². The molecule has 0 fully saturated rings. The Labute approximate surface area is 176 Å². The van der Waals surface area contributed by atoms with Crippen molar-refractivity contribution in [1.29, 1.82) is 0 Å². The van der Waals surface area contributed by atoms with Gasteiger partial charge in [0.25, 0.3) is 0 Å². The van der Waals surface area contributed by atoms with Crippen LogP contribution in [0.15, 0.2) is 30.3 Å². The van der Waals surface area contributed by atoms with Crippen LogP contribution in [-0.2, 0) is 11.2 Å². The van der Waals surface area contributed by atoms with Crippen LogP contribution in [0.25, 0.3) is 0 Å². The van der Waals surface area contributed by atoms with Gasteiger partial charge in [-0.3, -0.25) is 0 Å². The Balaban J connectivity index is 1.93. The second-order valence-corrected chi connectivity index (χ2v) is 8.14. The molecule has 152 valence electrons. The first-order chi connectivity index (χ1) is 13.5. The molecule has 1 aliphatic rings. The second-order valence-electron chi connectivity index (χ2n) is 6.63. The lowest BCUT2D eigenvalue weighted by atomic mass is 9.98. The zero-order valence-electron chi connectivity index (χ0n) is 16.8. The maximum Gasteiger partial charge on any atom is 0.180 e. The van der Waals surface area contributed by atoms with Gasteiger partial charge in [-0.25, -0.2) is 0 Å². The summed E-state index contributed by atoms with van der Waals surface area (Å²) in [5.41, 5.74) is 3.21. The zero-order chi connectivity index (χ0) is 20.1. The molecule has 4 nitrogen and oxygen atoms in total. The fourth-order valence-corrected chi connectivity index (χ4v) is 3.74. The Morgan fingerprint density at radius 2 is 1.79 bits per heavy atom. The third-order valence-corrected chi connectivity index (χ3v) is 5.84. The van der Waals surface area contributed by atoms with E-state index >= 15 is 0 Å². The number of thioether (sulfide) groups is 1. The fourth-order valence-electron chi connectivity index (χ4n) is 3.20. The van der Waals surface area contributed by atoms with E-state index in [0.717, 1.165) is 22.4 Å². The first-order valence-electron chi connectivity index (χ1n) is 9.54. The molecule has 2 aromatic rings. The molecular formula is C22H27ClO4S. The van der Waals surface area contributed by atoms with Crippen LogP contribution in [0, 0.1) is 0 Å². The van der Waals surface area contributed by atoms with Crippen LogP contribution < -0.4 is 14.2 Å². The first-order valence-corrected chi connectivity index (χ1v) is 11.2. The van der Waals surface area contributed by atoms with E-state index in [9.17, 15) is 0 Å². The maximum absolute atomic E-state index is 6.69. The summed E-state index contributed by atoms with van der Waals surface area (Å²) in [5.74, 6) is 2.19. The molecule has 0 saturated carbocycles. The van der Waals surface area contributed by atoms with E-state index in [1.807, 2.05) is 39.2 Å². The van der Waals surface area contributed by atoms with E-state index in [1.54, 1.807) is 11.8 Å². The van der Waals surface area contributed by atoms with Crippen molar-refractivity contribution in [3.63, 3.8) is 0 Å². The van der Waals surface area contributed by atoms with Gasteiger partial charge in [0.1, 0.15) is 24.4 Å². The quantitative estimate of drug-likeness (QED) is 0.496. The SMILES string of the molecule is CCOc1ccc(Cc2cc(C(C)OC(C)SC)c3c(c2Cl)OCCO3)cc1. The van der Waals surface area contributed by atoms with Gasteiger partial charge in [-0.05, 0) is 62.8 Å². The molecule has 1 heterocycles. The highest BCUT2D eigenvalue weighted by Crippen LogP contribution is 2.46. The maximum atomic E-state index is 6.69. The van der Waals surface area contributed by atoms with Gasteiger partial charge in [0.2, 0.25) is 0 Å². The lowest BCUT2D eigenvalue weighted by Crippen LogP contribution is -2.19. The van der Waals surface area contributed by atoms with Crippen LogP contribution in [-0.4, -0.2) is 31.5 Å². The molecule has 0 aromatic heterocycles. The topological polar surface area (TPSA) is 36.9 Å². The number of rotatable bonds is 8. The van der Waals surface area contributed by atoms with E-state index < -0.39 is 0 Å². The molecule has 0 bridgehead atoms. The van der Waals surface area contributed by atoms with Crippen molar-refractivity contribution in [3.05, 3.63) is 52.0 Å². The Morgan fingerprint density at radius 3 is 2.43 bits per heavy atom. The monoisotopic (exact) mass is 422 g/mol. The molecular weight excluding hydrogens is 396 g/mol. The van der Waals surface area contributed by atoms with Crippen LogP contribution >= 0.6 is 23.4 Å². The summed E-state index contributed by atoms with van der Waals surface area (Å²) in [6.07, 6.45) is 2.60. The van der Waals surface area contributed by atoms with Crippen molar-refractivity contribution >= 4 is 23.4 Å². The number of halogens is 1. The largest absolute Gasteiger partial charge is 0.494 e. The Kier molecular flexibility index (Phi) is 7.38. The summed E-state index contributed by atoms with van der Waals surface area (Å²) in [6.45, 7) is 7.72. The minimum Gasteiger partial charge on any atom is -0.494 e. The van der Waals surface area contributed by atoms with Crippen LogP contribution in [0.2, 0.25) is 5.02 Å². The Bertz CT molecular complexity index is 794. The van der Waals surface area contributed by atoms with Crippen LogP contribution in [0.1, 0.15) is 43.6 Å². The molecule has 0 radical (unpaired) electrons. The highest BCUT2D eigenvalue weighted by atomic mass is 35.5. The average Bonchev–Trinajstić information content (AvgIpc) is 2.71. The molecule has 1 aliphatic heterocycles. The number of hydrogen-bond donors (Lipinski definition) is 0. The first kappa shape index (κ1) is 21.2. The third kappa shape index (κ3) is 4.88. The van der Waals surface area contributed by atoms with Crippen LogP contribution in [0.3, 0.4) is 0 Å². The van der Waals surface area contributed by atoms with Gasteiger partial charge in [0, 0.05) is 5.56 Å². The number of benzene rings is 2. The molecule has 0 saturated heterocycles. The number of ether oxygens (including phenoxy) is 4. The lowest BCUT2D eigenvalue weighted by molar-refractivity contribution is 0.0519. The summed E-state index contributed by atoms with van der Waals surface area (Å²) in [6, 6.07) is 10.2. The van der Waals surface area contributed by atoms with Gasteiger partial charge in [-0.1, -0.05) is 23.7 Å². The molecule has 0 aliphatic carbocycles. The minimum absolute atomic E-state index is 0.0837. The molecule has 0 N–H and O–H groups in total. The summed E-state index contributed by atoms with van der Waals surface area (Å²) in [7, 11) is 0.